The molecule has 0 radical (unpaired) electrons. The van der Waals surface area contributed by atoms with Crippen LogP contribution >= 0.6 is 0 Å². The Bertz CT molecular complexity index is 905. The minimum absolute atomic E-state index is 0.255. The molecule has 1 aromatic rings. The number of hydrogen-bond acceptors (Lipinski definition) is 7. The van der Waals surface area contributed by atoms with Gasteiger partial charge in [0, 0.05) is 11.4 Å². The van der Waals surface area contributed by atoms with Gasteiger partial charge in [-0.3, -0.25) is 0 Å². The second-order valence-corrected chi connectivity index (χ2v) is 9.46. The molecule has 198 valence electrons. The molecule has 0 aromatic heterocycles. The third-order valence-electron chi connectivity index (χ3n) is 6.80. The molecule has 1 aromatic carbocycles. The summed E-state index contributed by atoms with van der Waals surface area (Å²) < 4.78 is 16.6. The Morgan fingerprint density at radius 3 is 2.00 bits per heavy atom. The number of esters is 2. The third kappa shape index (κ3) is 7.36. The normalized spacial score (nSPS) is 17.1. The lowest BCUT2D eigenvalue weighted by Gasteiger charge is -2.30. The molecule has 1 N–H and O–H groups in total. The van der Waals surface area contributed by atoms with E-state index in [1.807, 2.05) is 38.1 Å². The van der Waals surface area contributed by atoms with Gasteiger partial charge in [0.25, 0.3) is 0 Å². The van der Waals surface area contributed by atoms with Crippen LogP contribution in [0.5, 0.6) is 5.75 Å². The number of carbonyl (C=O) groups excluding carboxylic acids is 2. The van der Waals surface area contributed by atoms with Gasteiger partial charge in [-0.2, -0.15) is 0 Å². The molecule has 2 heterocycles. The van der Waals surface area contributed by atoms with Crippen molar-refractivity contribution in [2.45, 2.75) is 72.1 Å². The van der Waals surface area contributed by atoms with Crippen molar-refractivity contribution in [2.24, 2.45) is 0 Å². The fourth-order valence-corrected chi connectivity index (χ4v) is 5.03. The standard InChI is InChI=1S/C29H42N2O5/c1-5-34-28(32)25-21(3)30-22(4)26(29(33)35-6-2)27(25)23-13-15-24(16-14-23)36-20-12-8-11-19-31-17-9-7-10-18-31/h13-16,27,30H,5-12,17-20H2,1-4H3. The zero-order valence-corrected chi connectivity index (χ0v) is 22.4. The van der Waals surface area contributed by atoms with E-state index in [0.717, 1.165) is 24.2 Å². The minimum atomic E-state index is -0.576. The number of nitrogens with zero attached hydrogens (tertiary/aromatic N) is 1. The first-order valence-electron chi connectivity index (χ1n) is 13.4. The Kier molecular flexibility index (Phi) is 10.9. The Labute approximate surface area is 215 Å². The lowest BCUT2D eigenvalue weighted by molar-refractivity contribution is -0.139. The van der Waals surface area contributed by atoms with Crippen LogP contribution in [0.3, 0.4) is 0 Å². The van der Waals surface area contributed by atoms with Crippen LogP contribution in [-0.4, -0.2) is 56.3 Å². The molecular formula is C29H42N2O5. The van der Waals surface area contributed by atoms with Crippen LogP contribution < -0.4 is 10.1 Å². The number of hydrogen-bond donors (Lipinski definition) is 1. The van der Waals surface area contributed by atoms with Crippen molar-refractivity contribution in [1.29, 1.82) is 0 Å². The van der Waals surface area contributed by atoms with Gasteiger partial charge in [0.2, 0.25) is 0 Å². The van der Waals surface area contributed by atoms with Crippen molar-refractivity contribution in [3.05, 3.63) is 52.4 Å². The first-order valence-corrected chi connectivity index (χ1v) is 13.4. The Balaban J connectivity index is 1.65. The van der Waals surface area contributed by atoms with Gasteiger partial charge in [0.1, 0.15) is 5.75 Å². The van der Waals surface area contributed by atoms with Crippen molar-refractivity contribution in [1.82, 2.24) is 10.2 Å². The summed E-state index contributed by atoms with van der Waals surface area (Å²) in [5.41, 5.74) is 3.01. The van der Waals surface area contributed by atoms with E-state index in [1.165, 1.54) is 45.3 Å². The summed E-state index contributed by atoms with van der Waals surface area (Å²) >= 11 is 0. The van der Waals surface area contributed by atoms with Gasteiger partial charge in [0.15, 0.2) is 0 Å². The Hall–Kier alpha value is -2.80. The number of benzene rings is 1. The number of piperidine rings is 1. The van der Waals surface area contributed by atoms with E-state index in [-0.39, 0.29) is 13.2 Å². The summed E-state index contributed by atoms with van der Waals surface area (Å²) in [6.07, 6.45) is 7.44. The topological polar surface area (TPSA) is 77.1 Å². The number of nitrogens with one attached hydrogen (secondary N) is 1. The van der Waals surface area contributed by atoms with Gasteiger partial charge >= 0.3 is 11.9 Å². The minimum Gasteiger partial charge on any atom is -0.494 e. The van der Waals surface area contributed by atoms with Crippen LogP contribution in [0.25, 0.3) is 0 Å². The summed E-state index contributed by atoms with van der Waals surface area (Å²) in [5.74, 6) is -0.674. The predicted molar refractivity (Wildman–Crippen MR) is 141 cm³/mol. The average Bonchev–Trinajstić information content (AvgIpc) is 2.87. The van der Waals surface area contributed by atoms with Gasteiger partial charge in [-0.1, -0.05) is 18.6 Å². The Morgan fingerprint density at radius 2 is 1.44 bits per heavy atom. The maximum Gasteiger partial charge on any atom is 0.336 e. The third-order valence-corrected chi connectivity index (χ3v) is 6.80. The molecule has 1 saturated heterocycles. The van der Waals surface area contributed by atoms with Gasteiger partial charge in [-0.25, -0.2) is 9.59 Å². The molecule has 7 heteroatoms. The molecule has 2 aliphatic rings. The molecule has 0 amide bonds. The van der Waals surface area contributed by atoms with Gasteiger partial charge in [-0.15, -0.1) is 0 Å². The number of rotatable bonds is 12. The number of carbonyl (C=O) groups is 2. The number of ether oxygens (including phenoxy) is 3. The fraction of sp³-hybridized carbons (Fsp3) is 0.586. The number of likely N-dealkylation sites (tertiary alicyclic amines) is 1. The molecule has 7 nitrogen and oxygen atoms in total. The maximum atomic E-state index is 12.9. The van der Waals surface area contributed by atoms with E-state index in [0.29, 0.717) is 29.1 Å². The highest BCUT2D eigenvalue weighted by atomic mass is 16.5. The van der Waals surface area contributed by atoms with Crippen molar-refractivity contribution in [3.63, 3.8) is 0 Å². The molecule has 0 aliphatic carbocycles. The monoisotopic (exact) mass is 498 g/mol. The number of dihydropyridines is 1. The second kappa shape index (κ2) is 14.1. The summed E-state index contributed by atoms with van der Waals surface area (Å²) in [6, 6.07) is 7.64. The molecular weight excluding hydrogens is 456 g/mol. The van der Waals surface area contributed by atoms with Crippen molar-refractivity contribution < 1.29 is 23.8 Å². The summed E-state index contributed by atoms with van der Waals surface area (Å²) in [6.45, 7) is 12.1. The molecule has 0 saturated carbocycles. The molecule has 0 spiro atoms. The van der Waals surface area contributed by atoms with E-state index in [1.54, 1.807) is 13.8 Å². The van der Waals surface area contributed by atoms with E-state index in [4.69, 9.17) is 14.2 Å². The molecule has 1 fully saturated rings. The molecule has 0 atom stereocenters. The van der Waals surface area contributed by atoms with Crippen molar-refractivity contribution in [3.8, 4) is 5.75 Å². The molecule has 3 rings (SSSR count). The summed E-state index contributed by atoms with van der Waals surface area (Å²) in [5, 5.41) is 3.16. The second-order valence-electron chi connectivity index (χ2n) is 9.46. The number of allylic oxidation sites excluding steroid dienone is 2. The summed E-state index contributed by atoms with van der Waals surface area (Å²) in [4.78, 5) is 28.4. The quantitative estimate of drug-likeness (QED) is 0.318. The van der Waals surface area contributed by atoms with Crippen LogP contribution in [0, 0.1) is 0 Å². The van der Waals surface area contributed by atoms with Gasteiger partial charge in [0.05, 0.1) is 36.9 Å². The molecule has 2 aliphatic heterocycles. The molecule has 36 heavy (non-hydrogen) atoms. The van der Waals surface area contributed by atoms with E-state index >= 15 is 0 Å². The van der Waals surface area contributed by atoms with E-state index in [9.17, 15) is 9.59 Å². The highest BCUT2D eigenvalue weighted by molar-refractivity contribution is 5.99. The van der Waals surface area contributed by atoms with Gasteiger partial charge in [-0.05, 0) is 97.1 Å². The van der Waals surface area contributed by atoms with Gasteiger partial charge < -0.3 is 24.4 Å². The zero-order valence-electron chi connectivity index (χ0n) is 22.4. The largest absolute Gasteiger partial charge is 0.494 e. The predicted octanol–water partition coefficient (Wildman–Crippen LogP) is 5.08. The van der Waals surface area contributed by atoms with Crippen molar-refractivity contribution >= 4 is 11.9 Å². The highest BCUT2D eigenvalue weighted by Crippen LogP contribution is 2.39. The van der Waals surface area contributed by atoms with Crippen LogP contribution in [0.4, 0.5) is 0 Å². The SMILES string of the molecule is CCOC(=O)C1=C(C)NC(C)=C(C(=O)OCC)C1c1ccc(OCCCCCN2CCCCC2)cc1. The van der Waals surface area contributed by atoms with Crippen LogP contribution in [-0.2, 0) is 19.1 Å². The molecule has 0 bridgehead atoms. The highest BCUT2D eigenvalue weighted by Gasteiger charge is 2.37. The zero-order chi connectivity index (χ0) is 25.9. The summed E-state index contributed by atoms with van der Waals surface area (Å²) in [7, 11) is 0. The molecule has 0 unspecified atom stereocenters. The first kappa shape index (κ1) is 27.8. The Morgan fingerprint density at radius 1 is 0.861 bits per heavy atom. The van der Waals surface area contributed by atoms with Crippen molar-refractivity contribution in [2.75, 3.05) is 39.5 Å². The first-order chi connectivity index (χ1) is 17.5. The number of unbranched alkanes of at least 4 members (excludes halogenated alkanes) is 2. The van der Waals surface area contributed by atoms with Crippen LogP contribution in [0.1, 0.15) is 77.7 Å². The van der Waals surface area contributed by atoms with E-state index < -0.39 is 17.9 Å². The van der Waals surface area contributed by atoms with Crippen LogP contribution in [0.2, 0.25) is 0 Å². The van der Waals surface area contributed by atoms with E-state index in [2.05, 4.69) is 10.2 Å². The lowest BCUT2D eigenvalue weighted by Crippen LogP contribution is -2.32. The lowest BCUT2D eigenvalue weighted by atomic mass is 9.80. The fourth-order valence-electron chi connectivity index (χ4n) is 5.03. The maximum absolute atomic E-state index is 12.9. The smallest absolute Gasteiger partial charge is 0.336 e. The van der Waals surface area contributed by atoms with Crippen LogP contribution in [0.15, 0.2) is 46.8 Å². The average molecular weight is 499 g/mol.